The standard InChI is InChI=1S/C13H14I3N3O4/c1-4(20)18-10-7(14)6(12(22)13(23)17-3)8(15)11(9(10)16)19-5(2)21/h12,22H,1-3H3,(H,17,23)(H,18,20)(H,19,21). The second-order valence-corrected chi connectivity index (χ2v) is 7.72. The van der Waals surface area contributed by atoms with Crippen LogP contribution in [0.2, 0.25) is 0 Å². The van der Waals surface area contributed by atoms with Gasteiger partial charge in [-0.15, -0.1) is 0 Å². The summed E-state index contributed by atoms with van der Waals surface area (Å²) in [6, 6.07) is 0. The van der Waals surface area contributed by atoms with Crippen molar-refractivity contribution in [3.8, 4) is 0 Å². The first-order valence-electron chi connectivity index (χ1n) is 6.26. The van der Waals surface area contributed by atoms with Crippen LogP contribution in [0.25, 0.3) is 0 Å². The first-order chi connectivity index (χ1) is 10.6. The summed E-state index contributed by atoms with van der Waals surface area (Å²) in [6.07, 6.45) is -1.42. The molecular formula is C13H14I3N3O4. The topological polar surface area (TPSA) is 108 Å². The molecule has 1 atom stereocenters. The number of rotatable bonds is 4. The molecule has 23 heavy (non-hydrogen) atoms. The Bertz CT molecular complexity index is 636. The number of aliphatic hydroxyl groups excluding tert-OH is 1. The highest BCUT2D eigenvalue weighted by atomic mass is 127. The van der Waals surface area contributed by atoms with E-state index in [1.54, 1.807) is 0 Å². The first-order valence-corrected chi connectivity index (χ1v) is 9.50. The third kappa shape index (κ3) is 4.88. The molecule has 0 radical (unpaired) electrons. The summed E-state index contributed by atoms with van der Waals surface area (Å²) < 4.78 is 1.70. The van der Waals surface area contributed by atoms with Crippen molar-refractivity contribution in [2.45, 2.75) is 20.0 Å². The normalized spacial score (nSPS) is 11.6. The number of carbonyl (C=O) groups is 3. The fourth-order valence-electron chi connectivity index (χ4n) is 1.76. The summed E-state index contributed by atoms with van der Waals surface area (Å²) in [6.45, 7) is 2.72. The molecular weight excluding hydrogens is 643 g/mol. The zero-order valence-electron chi connectivity index (χ0n) is 12.4. The molecule has 0 spiro atoms. The van der Waals surface area contributed by atoms with Gasteiger partial charge in [-0.25, -0.2) is 0 Å². The van der Waals surface area contributed by atoms with Crippen LogP contribution in [0, 0.1) is 10.7 Å². The van der Waals surface area contributed by atoms with Crippen molar-refractivity contribution < 1.29 is 19.5 Å². The van der Waals surface area contributed by atoms with E-state index in [2.05, 4.69) is 16.0 Å². The predicted molar refractivity (Wildman–Crippen MR) is 112 cm³/mol. The van der Waals surface area contributed by atoms with Crippen molar-refractivity contribution >= 4 is 96.9 Å². The van der Waals surface area contributed by atoms with Gasteiger partial charge in [0.25, 0.3) is 5.91 Å². The highest BCUT2D eigenvalue weighted by Crippen LogP contribution is 2.41. The quantitative estimate of drug-likeness (QED) is 0.373. The van der Waals surface area contributed by atoms with Crippen LogP contribution in [0.4, 0.5) is 11.4 Å². The number of likely N-dealkylation sites (N-methyl/N-ethyl adjacent to an activating group) is 1. The maximum atomic E-state index is 11.8. The van der Waals surface area contributed by atoms with Crippen molar-refractivity contribution in [3.63, 3.8) is 0 Å². The number of nitrogens with one attached hydrogen (secondary N) is 3. The smallest absolute Gasteiger partial charge is 0.253 e. The Balaban J connectivity index is 3.70. The van der Waals surface area contributed by atoms with Crippen molar-refractivity contribution in [2.24, 2.45) is 0 Å². The van der Waals surface area contributed by atoms with Crippen LogP contribution < -0.4 is 16.0 Å². The molecule has 0 saturated heterocycles. The number of benzene rings is 1. The zero-order chi connectivity index (χ0) is 17.9. The molecule has 0 aliphatic heterocycles. The third-order valence-electron chi connectivity index (χ3n) is 2.72. The number of carbonyl (C=O) groups excluding carboxylic acids is 3. The number of aliphatic hydroxyl groups is 1. The van der Waals surface area contributed by atoms with E-state index in [0.717, 1.165) is 0 Å². The molecule has 7 nitrogen and oxygen atoms in total. The molecule has 1 aromatic carbocycles. The molecule has 10 heteroatoms. The van der Waals surface area contributed by atoms with Gasteiger partial charge in [-0.05, 0) is 67.8 Å². The Morgan fingerprint density at radius 3 is 1.61 bits per heavy atom. The molecule has 0 aliphatic rings. The molecule has 4 N–H and O–H groups in total. The molecule has 0 fully saturated rings. The lowest BCUT2D eigenvalue weighted by Crippen LogP contribution is -2.28. The maximum absolute atomic E-state index is 11.8. The van der Waals surface area contributed by atoms with Crippen LogP contribution in [0.15, 0.2) is 0 Å². The number of anilines is 2. The summed E-state index contributed by atoms with van der Waals surface area (Å²) in [5.74, 6) is -1.17. The minimum absolute atomic E-state index is 0.295. The summed E-state index contributed by atoms with van der Waals surface area (Å²) in [5.41, 5.74) is 1.22. The molecule has 0 bridgehead atoms. The van der Waals surface area contributed by atoms with Crippen LogP contribution >= 0.6 is 67.8 Å². The van der Waals surface area contributed by atoms with Crippen LogP contribution in [-0.4, -0.2) is 29.9 Å². The summed E-state index contributed by atoms with van der Waals surface area (Å²) in [4.78, 5) is 34.7. The average Bonchev–Trinajstić information content (AvgIpc) is 2.46. The molecule has 0 aliphatic carbocycles. The Morgan fingerprint density at radius 2 is 1.30 bits per heavy atom. The van der Waals surface area contributed by atoms with E-state index < -0.39 is 12.0 Å². The number of amides is 3. The first kappa shape index (κ1) is 20.8. The molecule has 126 valence electrons. The van der Waals surface area contributed by atoms with Gasteiger partial charge in [0.2, 0.25) is 11.8 Å². The fraction of sp³-hybridized carbons (Fsp3) is 0.308. The van der Waals surface area contributed by atoms with E-state index in [0.29, 0.717) is 27.6 Å². The average molecular weight is 657 g/mol. The second-order valence-electron chi connectivity index (χ2n) is 4.48. The Kier molecular flexibility index (Phi) is 7.92. The highest BCUT2D eigenvalue weighted by Gasteiger charge is 2.28. The number of hydrogen-bond acceptors (Lipinski definition) is 4. The fourth-order valence-corrected chi connectivity index (χ4v) is 6.06. The zero-order valence-corrected chi connectivity index (χ0v) is 18.9. The van der Waals surface area contributed by atoms with Gasteiger partial charge in [0.05, 0.1) is 14.9 Å². The Labute approximate surface area is 174 Å². The lowest BCUT2D eigenvalue weighted by molar-refractivity contribution is -0.129. The van der Waals surface area contributed by atoms with Crippen LogP contribution in [0.3, 0.4) is 0 Å². The summed E-state index contributed by atoms with van der Waals surface area (Å²) >= 11 is 5.93. The van der Waals surface area contributed by atoms with Crippen molar-refractivity contribution in [3.05, 3.63) is 16.3 Å². The monoisotopic (exact) mass is 657 g/mol. The lowest BCUT2D eigenvalue weighted by Gasteiger charge is -2.22. The SMILES string of the molecule is CNC(=O)C(O)c1c(I)c(NC(C)=O)c(I)c(NC(C)=O)c1I. The van der Waals surface area contributed by atoms with Crippen LogP contribution in [0.1, 0.15) is 25.5 Å². The van der Waals surface area contributed by atoms with Gasteiger partial charge < -0.3 is 21.1 Å². The molecule has 1 aromatic rings. The molecule has 0 saturated carbocycles. The van der Waals surface area contributed by atoms with Crippen molar-refractivity contribution in [1.29, 1.82) is 0 Å². The molecule has 1 rings (SSSR count). The molecule has 0 aromatic heterocycles. The minimum atomic E-state index is -1.42. The van der Waals surface area contributed by atoms with Gasteiger partial charge in [-0.2, -0.15) is 0 Å². The molecule has 3 amide bonds. The highest BCUT2D eigenvalue weighted by molar-refractivity contribution is 14.1. The van der Waals surface area contributed by atoms with E-state index in [1.807, 2.05) is 67.8 Å². The largest absolute Gasteiger partial charge is 0.378 e. The van der Waals surface area contributed by atoms with Gasteiger partial charge in [0, 0.05) is 33.6 Å². The maximum Gasteiger partial charge on any atom is 0.253 e. The van der Waals surface area contributed by atoms with E-state index in [9.17, 15) is 19.5 Å². The Hall–Kier alpha value is -0.220. The van der Waals surface area contributed by atoms with Gasteiger partial charge in [0.15, 0.2) is 6.10 Å². The third-order valence-corrected chi connectivity index (χ3v) is 6.04. The van der Waals surface area contributed by atoms with E-state index >= 15 is 0 Å². The van der Waals surface area contributed by atoms with E-state index in [4.69, 9.17) is 0 Å². The summed E-state index contributed by atoms with van der Waals surface area (Å²) in [7, 11) is 1.42. The summed E-state index contributed by atoms with van der Waals surface area (Å²) in [5, 5.41) is 18.1. The van der Waals surface area contributed by atoms with E-state index in [-0.39, 0.29) is 11.8 Å². The van der Waals surface area contributed by atoms with Gasteiger partial charge in [-0.1, -0.05) is 0 Å². The minimum Gasteiger partial charge on any atom is -0.378 e. The molecule has 1 unspecified atom stereocenters. The lowest BCUT2D eigenvalue weighted by atomic mass is 10.1. The predicted octanol–water partition coefficient (Wildman–Crippen LogP) is 2.20. The second kappa shape index (κ2) is 8.75. The number of halogens is 3. The van der Waals surface area contributed by atoms with E-state index in [1.165, 1.54) is 20.9 Å². The van der Waals surface area contributed by atoms with Crippen molar-refractivity contribution in [2.75, 3.05) is 17.7 Å². The van der Waals surface area contributed by atoms with Crippen molar-refractivity contribution in [1.82, 2.24) is 5.32 Å². The van der Waals surface area contributed by atoms with Gasteiger partial charge >= 0.3 is 0 Å². The van der Waals surface area contributed by atoms with Crippen LogP contribution in [0.5, 0.6) is 0 Å². The van der Waals surface area contributed by atoms with Gasteiger partial charge in [0.1, 0.15) is 0 Å². The number of hydrogen-bond donors (Lipinski definition) is 4. The van der Waals surface area contributed by atoms with Gasteiger partial charge in [-0.3, -0.25) is 14.4 Å². The molecule has 0 heterocycles. The van der Waals surface area contributed by atoms with Crippen LogP contribution in [-0.2, 0) is 14.4 Å². The Morgan fingerprint density at radius 1 is 0.913 bits per heavy atom.